The monoisotopic (exact) mass is 498 g/mol. The highest BCUT2D eigenvalue weighted by atomic mass is 31.1. The molecule has 0 aromatic heterocycles. The Balaban J connectivity index is 1.65. The summed E-state index contributed by atoms with van der Waals surface area (Å²) in [5.41, 5.74) is 1.66. The van der Waals surface area contributed by atoms with Gasteiger partial charge in [-0.15, -0.1) is 0 Å². The molecule has 7 heteroatoms. The predicted octanol–water partition coefficient (Wildman–Crippen LogP) is 4.28. The van der Waals surface area contributed by atoms with Gasteiger partial charge in [-0.2, -0.15) is 0 Å². The molecule has 3 aromatic rings. The minimum Gasteiger partial charge on any atom is -0.468 e. The maximum Gasteiger partial charge on any atom is 0.323 e. The van der Waals surface area contributed by atoms with Gasteiger partial charge >= 0.3 is 5.97 Å². The van der Waals surface area contributed by atoms with Crippen LogP contribution in [0.1, 0.15) is 17.9 Å². The van der Waals surface area contributed by atoms with Gasteiger partial charge in [0.05, 0.1) is 13.0 Å². The van der Waals surface area contributed by atoms with E-state index in [0.29, 0.717) is 6.42 Å². The van der Waals surface area contributed by atoms with Crippen LogP contribution in [0.4, 0.5) is 0 Å². The van der Waals surface area contributed by atoms with E-state index in [1.165, 1.54) is 23.0 Å². The molecule has 0 bridgehead atoms. The molecule has 1 saturated heterocycles. The first kappa shape index (κ1) is 24.1. The first-order valence-electron chi connectivity index (χ1n) is 11.9. The number of methoxy groups -OCH3 is 1. The van der Waals surface area contributed by atoms with Crippen molar-refractivity contribution >= 4 is 24.5 Å². The van der Waals surface area contributed by atoms with E-state index in [1.54, 1.807) is 0 Å². The minimum atomic E-state index is -1.02. The SMILES string of the molecule is COC(=O)[C@@H]1N[C@H](C2=C(P(c3ccccc3)c3ccccc3)CC=C2)[C@H]([N+](=O)[O-])[C@H]1c1ccccc1. The maximum absolute atomic E-state index is 12.8. The highest BCUT2D eigenvalue weighted by Gasteiger charge is 2.56. The lowest BCUT2D eigenvalue weighted by atomic mass is 9.85. The van der Waals surface area contributed by atoms with Crippen molar-refractivity contribution in [2.45, 2.75) is 30.5 Å². The van der Waals surface area contributed by atoms with Gasteiger partial charge in [0.25, 0.3) is 0 Å². The van der Waals surface area contributed by atoms with Crippen LogP contribution in [0.3, 0.4) is 0 Å². The number of hydrogen-bond acceptors (Lipinski definition) is 5. The number of hydrogen-bond donors (Lipinski definition) is 1. The van der Waals surface area contributed by atoms with Crippen LogP contribution in [0.25, 0.3) is 0 Å². The smallest absolute Gasteiger partial charge is 0.323 e. The fourth-order valence-electron chi connectivity index (χ4n) is 5.36. The Bertz CT molecular complexity index is 1260. The summed E-state index contributed by atoms with van der Waals surface area (Å²) in [6.45, 7) is 0. The van der Waals surface area contributed by atoms with Crippen molar-refractivity contribution in [2.75, 3.05) is 7.11 Å². The number of esters is 1. The van der Waals surface area contributed by atoms with Crippen LogP contribution in [0, 0.1) is 10.1 Å². The van der Waals surface area contributed by atoms with Crippen molar-refractivity contribution < 1.29 is 14.5 Å². The van der Waals surface area contributed by atoms with Gasteiger partial charge < -0.3 is 4.74 Å². The van der Waals surface area contributed by atoms with Crippen LogP contribution in [0.2, 0.25) is 0 Å². The lowest BCUT2D eigenvalue weighted by molar-refractivity contribution is -0.524. The van der Waals surface area contributed by atoms with E-state index >= 15 is 0 Å². The lowest BCUT2D eigenvalue weighted by Gasteiger charge is -2.25. The lowest BCUT2D eigenvalue weighted by Crippen LogP contribution is -2.40. The Kier molecular flexibility index (Phi) is 7.08. The van der Waals surface area contributed by atoms with E-state index in [2.05, 4.69) is 35.7 Å². The summed E-state index contributed by atoms with van der Waals surface area (Å²) in [7, 11) is 0.415. The first-order valence-corrected chi connectivity index (χ1v) is 13.3. The Morgan fingerprint density at radius 1 is 0.944 bits per heavy atom. The molecular weight excluding hydrogens is 471 g/mol. The summed E-state index contributed by atoms with van der Waals surface area (Å²) in [5.74, 6) is -1.14. The average molecular weight is 499 g/mol. The molecule has 0 amide bonds. The molecule has 0 radical (unpaired) electrons. The van der Waals surface area contributed by atoms with Crippen molar-refractivity contribution in [3.63, 3.8) is 0 Å². The summed E-state index contributed by atoms with van der Waals surface area (Å²) in [4.78, 5) is 25.2. The zero-order valence-corrected chi connectivity index (χ0v) is 20.8. The standard InChI is InChI=1S/C29H27N2O4P/c1-35-29(32)27-25(20-12-5-2-6-13-20)28(31(33)34)26(30-27)23-18-11-19-24(23)36(21-14-7-3-8-15-21)22-16-9-4-10-17-22/h2-18,25-28,30H,19H2,1H3/t25-,26+,27+,28+/m0/s1. The Morgan fingerprint density at radius 2 is 1.50 bits per heavy atom. The van der Waals surface area contributed by atoms with Crippen LogP contribution in [-0.4, -0.2) is 36.1 Å². The van der Waals surface area contributed by atoms with Crippen LogP contribution >= 0.6 is 7.92 Å². The average Bonchev–Trinajstić information content (AvgIpc) is 3.55. The van der Waals surface area contributed by atoms with Gasteiger partial charge in [0.2, 0.25) is 6.04 Å². The van der Waals surface area contributed by atoms with Gasteiger partial charge in [0.15, 0.2) is 0 Å². The zero-order chi connectivity index (χ0) is 25.1. The quantitative estimate of drug-likeness (QED) is 0.228. The molecule has 5 rings (SSSR count). The number of nitrogens with zero attached hydrogens (tertiary/aromatic N) is 1. The molecule has 6 nitrogen and oxygen atoms in total. The first-order chi connectivity index (χ1) is 17.6. The van der Waals surface area contributed by atoms with Gasteiger partial charge in [0, 0.05) is 4.92 Å². The Hall–Kier alpha value is -3.60. The van der Waals surface area contributed by atoms with E-state index < -0.39 is 37.9 Å². The van der Waals surface area contributed by atoms with Crippen LogP contribution in [0.5, 0.6) is 0 Å². The highest BCUT2D eigenvalue weighted by Crippen LogP contribution is 2.51. The van der Waals surface area contributed by atoms with Crippen molar-refractivity contribution in [1.82, 2.24) is 5.32 Å². The molecule has 1 aliphatic heterocycles. The maximum atomic E-state index is 12.8. The fraction of sp³-hybridized carbons (Fsp3) is 0.207. The van der Waals surface area contributed by atoms with Crippen LogP contribution in [0.15, 0.2) is 114 Å². The molecule has 182 valence electrons. The molecule has 1 heterocycles. The number of nitrogens with one attached hydrogen (secondary N) is 1. The van der Waals surface area contributed by atoms with E-state index in [4.69, 9.17) is 4.74 Å². The van der Waals surface area contributed by atoms with Crippen molar-refractivity contribution in [2.24, 2.45) is 0 Å². The highest BCUT2D eigenvalue weighted by molar-refractivity contribution is 7.76. The minimum absolute atomic E-state index is 0.234. The molecule has 0 spiro atoms. The molecule has 1 fully saturated rings. The number of carbonyl (C=O) groups excluding carboxylic acids is 1. The normalized spacial score (nSPS) is 23.3. The topological polar surface area (TPSA) is 81.5 Å². The Morgan fingerprint density at radius 3 is 2.03 bits per heavy atom. The van der Waals surface area contributed by atoms with E-state index in [9.17, 15) is 14.9 Å². The van der Waals surface area contributed by atoms with E-state index in [0.717, 1.165) is 11.1 Å². The van der Waals surface area contributed by atoms with Crippen LogP contribution in [-0.2, 0) is 9.53 Å². The number of nitro groups is 1. The van der Waals surface area contributed by atoms with Gasteiger partial charge in [-0.05, 0) is 41.4 Å². The van der Waals surface area contributed by atoms with Gasteiger partial charge in [-0.1, -0.05) is 103 Å². The second kappa shape index (κ2) is 10.6. The molecule has 4 atom stereocenters. The van der Waals surface area contributed by atoms with Gasteiger partial charge in [-0.3, -0.25) is 20.2 Å². The molecule has 2 aliphatic rings. The molecule has 0 unspecified atom stereocenters. The summed E-state index contributed by atoms with van der Waals surface area (Å²) in [6.07, 6.45) is 4.80. The number of benzene rings is 3. The molecule has 0 saturated carbocycles. The summed E-state index contributed by atoms with van der Waals surface area (Å²) >= 11 is 0. The van der Waals surface area contributed by atoms with Crippen LogP contribution < -0.4 is 15.9 Å². The largest absolute Gasteiger partial charge is 0.468 e. The third-order valence-electron chi connectivity index (χ3n) is 6.89. The van der Waals surface area contributed by atoms with E-state index in [1.807, 2.05) is 72.8 Å². The summed E-state index contributed by atoms with van der Waals surface area (Å²) in [6, 6.07) is 27.4. The zero-order valence-electron chi connectivity index (χ0n) is 19.9. The van der Waals surface area contributed by atoms with Gasteiger partial charge in [0.1, 0.15) is 12.1 Å². The fourth-order valence-corrected chi connectivity index (χ4v) is 7.99. The number of allylic oxidation sites excluding steroid dienone is 2. The summed E-state index contributed by atoms with van der Waals surface area (Å²) in [5, 5.41) is 19.5. The molecule has 1 aliphatic carbocycles. The van der Waals surface area contributed by atoms with E-state index in [-0.39, 0.29) is 4.92 Å². The third-order valence-corrected chi connectivity index (χ3v) is 9.50. The molecule has 36 heavy (non-hydrogen) atoms. The summed E-state index contributed by atoms with van der Waals surface area (Å²) < 4.78 is 5.08. The molecule has 3 aromatic carbocycles. The molecule has 1 N–H and O–H groups in total. The number of rotatable bonds is 7. The van der Waals surface area contributed by atoms with Crippen molar-refractivity contribution in [3.8, 4) is 0 Å². The second-order valence-electron chi connectivity index (χ2n) is 8.87. The number of ether oxygens (including phenoxy) is 1. The third kappa shape index (κ3) is 4.50. The van der Waals surface area contributed by atoms with Crippen molar-refractivity contribution in [1.29, 1.82) is 0 Å². The Labute approximate surface area is 211 Å². The molecular formula is C29H27N2O4P. The van der Waals surface area contributed by atoms with Gasteiger partial charge in [-0.25, -0.2) is 0 Å². The predicted molar refractivity (Wildman–Crippen MR) is 143 cm³/mol. The number of carbonyl (C=O) groups is 1. The second-order valence-corrected chi connectivity index (χ2v) is 11.1. The van der Waals surface area contributed by atoms with Crippen molar-refractivity contribution in [3.05, 3.63) is 130 Å².